The van der Waals surface area contributed by atoms with Gasteiger partial charge in [0.15, 0.2) is 0 Å². The highest BCUT2D eigenvalue weighted by Crippen LogP contribution is 2.54. The number of fused-ring (bicyclic) bond motifs is 2. The Morgan fingerprint density at radius 3 is 2.67 bits per heavy atom. The number of H-pyrrole nitrogens is 1. The van der Waals surface area contributed by atoms with Crippen molar-refractivity contribution < 1.29 is 24.2 Å². The molecule has 4 aliphatic heterocycles. The second-order valence-electron chi connectivity index (χ2n) is 6.97. The highest BCUT2D eigenvalue weighted by Gasteiger charge is 2.64. The minimum Gasteiger partial charge on any atom is -0.480 e. The largest absolute Gasteiger partial charge is 0.480 e. The number of esters is 1. The second kappa shape index (κ2) is 5.59. The number of methoxy groups -OCH3 is 1. The summed E-state index contributed by atoms with van der Waals surface area (Å²) in [6.07, 6.45) is 2.87. The van der Waals surface area contributed by atoms with Crippen molar-refractivity contribution in [1.29, 1.82) is 0 Å². The number of rotatable bonds is 3. The van der Waals surface area contributed by atoms with Crippen LogP contribution in [0.15, 0.2) is 17.2 Å². The summed E-state index contributed by atoms with van der Waals surface area (Å²) in [6, 6.07) is -1.66. The molecule has 10 nitrogen and oxygen atoms in total. The molecule has 0 saturated carbocycles. The lowest BCUT2D eigenvalue weighted by Crippen LogP contribution is -2.62. The van der Waals surface area contributed by atoms with Crippen molar-refractivity contribution in [2.45, 2.75) is 36.1 Å². The van der Waals surface area contributed by atoms with Crippen molar-refractivity contribution in [2.24, 2.45) is 0 Å². The molecule has 0 aromatic heterocycles. The average Bonchev–Trinajstić information content (AvgIpc) is 3.09. The van der Waals surface area contributed by atoms with Gasteiger partial charge in [0.05, 0.1) is 12.7 Å². The molecule has 4 heterocycles. The second-order valence-corrected chi connectivity index (χ2v) is 8.74. The fourth-order valence-corrected chi connectivity index (χ4v) is 5.43. The summed E-state index contributed by atoms with van der Waals surface area (Å²) < 4.78 is 5.55. The number of hydrogen-bond donors (Lipinski definition) is 2. The van der Waals surface area contributed by atoms with Gasteiger partial charge < -0.3 is 19.3 Å². The van der Waals surface area contributed by atoms with E-state index >= 15 is 0 Å². The van der Waals surface area contributed by atoms with Gasteiger partial charge in [-0.1, -0.05) is 0 Å². The number of β-lactam (4-membered cyclic amide) rings is 1. The van der Waals surface area contributed by atoms with Gasteiger partial charge in [0, 0.05) is 17.1 Å². The van der Waals surface area contributed by atoms with Crippen LogP contribution < -0.4 is 5.56 Å². The van der Waals surface area contributed by atoms with E-state index in [1.807, 2.05) is 0 Å². The molecule has 0 aliphatic carbocycles. The highest BCUT2D eigenvalue weighted by atomic mass is 32.2. The number of carboxylic acid groups (broad SMARTS) is 1. The summed E-state index contributed by atoms with van der Waals surface area (Å²) in [4.78, 5) is 49.9. The van der Waals surface area contributed by atoms with Crippen molar-refractivity contribution in [1.82, 2.24) is 19.7 Å². The maximum absolute atomic E-state index is 12.8. The SMILES string of the molecule is COC(=O)c1cn(C2C(=O)N3C2SC(C)(C)C3C(=O)O)cc2c(=O)[nH]nc1-2. The van der Waals surface area contributed by atoms with Gasteiger partial charge in [-0.25, -0.2) is 14.7 Å². The zero-order chi connectivity index (χ0) is 19.7. The van der Waals surface area contributed by atoms with Crippen LogP contribution in [0.5, 0.6) is 0 Å². The third-order valence-electron chi connectivity index (χ3n) is 4.95. The lowest BCUT2D eigenvalue weighted by molar-refractivity contribution is -0.162. The first-order chi connectivity index (χ1) is 12.7. The molecule has 0 spiro atoms. The van der Waals surface area contributed by atoms with E-state index < -0.39 is 39.7 Å². The van der Waals surface area contributed by atoms with Gasteiger partial charge in [0.25, 0.3) is 5.56 Å². The molecule has 0 aromatic rings. The van der Waals surface area contributed by atoms with Crippen LogP contribution >= 0.6 is 11.8 Å². The van der Waals surface area contributed by atoms with E-state index in [0.29, 0.717) is 0 Å². The van der Waals surface area contributed by atoms with Gasteiger partial charge >= 0.3 is 11.9 Å². The van der Waals surface area contributed by atoms with Crippen LogP contribution in [0.2, 0.25) is 0 Å². The summed E-state index contributed by atoms with van der Waals surface area (Å²) in [5.41, 5.74) is -0.122. The van der Waals surface area contributed by atoms with E-state index in [9.17, 15) is 24.3 Å². The molecule has 0 aromatic carbocycles. The first-order valence-electron chi connectivity index (χ1n) is 8.08. The third-order valence-corrected chi connectivity index (χ3v) is 6.51. The summed E-state index contributed by atoms with van der Waals surface area (Å²) in [6.45, 7) is 3.55. The quantitative estimate of drug-likeness (QED) is 0.557. The Labute approximate surface area is 156 Å². The maximum atomic E-state index is 12.8. The Bertz CT molecular complexity index is 1010. The van der Waals surface area contributed by atoms with Gasteiger partial charge in [-0.3, -0.25) is 9.59 Å². The Balaban J connectivity index is 1.81. The Kier molecular flexibility index (Phi) is 3.64. The smallest absolute Gasteiger partial charge is 0.341 e. The van der Waals surface area contributed by atoms with Crippen molar-refractivity contribution in [3.05, 3.63) is 28.3 Å². The van der Waals surface area contributed by atoms with Crippen LogP contribution in [0.3, 0.4) is 0 Å². The summed E-state index contributed by atoms with van der Waals surface area (Å²) in [7, 11) is 1.21. The zero-order valence-electron chi connectivity index (χ0n) is 14.6. The molecule has 2 N–H and O–H groups in total. The number of thioether (sulfide) groups is 1. The van der Waals surface area contributed by atoms with Crippen molar-refractivity contribution in [3.63, 3.8) is 0 Å². The average molecular weight is 392 g/mol. The standard InChI is InChI=1S/C16H16N4O6S/c1-16(2)10(14(23)24)20-12(22)9(13(20)27-16)19-4-6-8(17-18-11(6)21)7(5-19)15(25)26-3/h4-5,9-10,13H,1-3H3,(H,18,21)(H,23,24). The van der Waals surface area contributed by atoms with Crippen LogP contribution in [-0.2, 0) is 14.3 Å². The lowest BCUT2D eigenvalue weighted by atomic mass is 9.95. The van der Waals surface area contributed by atoms with Crippen LogP contribution in [0.4, 0.5) is 0 Å². The molecule has 0 radical (unpaired) electrons. The number of pyridine rings is 1. The van der Waals surface area contributed by atoms with Gasteiger partial charge in [0.1, 0.15) is 28.7 Å². The predicted molar refractivity (Wildman–Crippen MR) is 93.6 cm³/mol. The molecule has 4 aliphatic rings. The van der Waals surface area contributed by atoms with Crippen LogP contribution in [0.25, 0.3) is 11.3 Å². The van der Waals surface area contributed by atoms with Gasteiger partial charge in [-0.2, -0.15) is 5.10 Å². The minimum absolute atomic E-state index is 0.0524. The predicted octanol–water partition coefficient (Wildman–Crippen LogP) is 0.151. The lowest BCUT2D eigenvalue weighted by Gasteiger charge is -2.44. The number of hydrogen-bond acceptors (Lipinski definition) is 7. The zero-order valence-corrected chi connectivity index (χ0v) is 15.4. The van der Waals surface area contributed by atoms with E-state index in [1.165, 1.54) is 40.7 Å². The number of ether oxygens (including phenoxy) is 1. The van der Waals surface area contributed by atoms with Crippen LogP contribution in [-0.4, -0.2) is 65.9 Å². The fourth-order valence-electron chi connectivity index (χ4n) is 3.74. The molecule has 3 atom stereocenters. The number of amides is 1. The Hall–Kier alpha value is -2.82. The molecular weight excluding hydrogens is 376 g/mol. The molecule has 3 unspecified atom stereocenters. The molecule has 142 valence electrons. The number of carbonyl (C=O) groups excluding carboxylic acids is 2. The molecule has 2 fully saturated rings. The van der Waals surface area contributed by atoms with Gasteiger partial charge in [0.2, 0.25) is 5.91 Å². The van der Waals surface area contributed by atoms with E-state index in [1.54, 1.807) is 13.8 Å². The summed E-state index contributed by atoms with van der Waals surface area (Å²) in [5, 5.41) is 15.2. The maximum Gasteiger partial charge on any atom is 0.341 e. The van der Waals surface area contributed by atoms with E-state index in [2.05, 4.69) is 10.2 Å². The van der Waals surface area contributed by atoms with Crippen LogP contribution in [0.1, 0.15) is 30.2 Å². The highest BCUT2D eigenvalue weighted by molar-refractivity contribution is 8.01. The molecule has 0 bridgehead atoms. The normalized spacial score (nSPS) is 26.0. The van der Waals surface area contributed by atoms with E-state index in [-0.39, 0.29) is 22.7 Å². The number of aromatic nitrogens is 3. The molecule has 1 amide bonds. The number of aromatic amines is 1. The molecule has 11 heteroatoms. The van der Waals surface area contributed by atoms with E-state index in [0.717, 1.165) is 0 Å². The monoisotopic (exact) mass is 392 g/mol. The number of carbonyl (C=O) groups is 3. The summed E-state index contributed by atoms with van der Waals surface area (Å²) >= 11 is 1.38. The van der Waals surface area contributed by atoms with Gasteiger partial charge in [-0.05, 0) is 13.8 Å². The molecular formula is C16H16N4O6S. The van der Waals surface area contributed by atoms with Crippen molar-refractivity contribution in [3.8, 4) is 11.3 Å². The summed E-state index contributed by atoms with van der Waals surface area (Å²) in [5.74, 6) is -2.12. The Morgan fingerprint density at radius 1 is 1.33 bits per heavy atom. The topological polar surface area (TPSA) is 135 Å². The van der Waals surface area contributed by atoms with Gasteiger partial charge in [-0.15, -0.1) is 11.8 Å². The number of aliphatic carboxylic acids is 1. The fraction of sp³-hybridized carbons (Fsp3) is 0.438. The molecule has 4 rings (SSSR count). The number of carboxylic acids is 1. The van der Waals surface area contributed by atoms with Crippen LogP contribution in [0, 0.1) is 0 Å². The number of nitrogens with one attached hydrogen (secondary N) is 1. The van der Waals surface area contributed by atoms with Crippen molar-refractivity contribution in [2.75, 3.05) is 7.11 Å². The van der Waals surface area contributed by atoms with Crippen molar-refractivity contribution >= 4 is 29.6 Å². The number of nitrogens with zero attached hydrogens (tertiary/aromatic N) is 3. The molecule has 2 saturated heterocycles. The molecule has 27 heavy (non-hydrogen) atoms. The minimum atomic E-state index is -1.06. The van der Waals surface area contributed by atoms with E-state index in [4.69, 9.17) is 4.74 Å². The first-order valence-corrected chi connectivity index (χ1v) is 8.96. The Morgan fingerprint density at radius 2 is 2.04 bits per heavy atom. The third kappa shape index (κ3) is 2.30. The first kappa shape index (κ1) is 17.6.